The molecule has 0 aliphatic carbocycles. The van der Waals surface area contributed by atoms with Gasteiger partial charge in [0.1, 0.15) is 0 Å². The van der Waals surface area contributed by atoms with E-state index in [0.29, 0.717) is 0 Å². The zero-order valence-electron chi connectivity index (χ0n) is 13.3. The van der Waals surface area contributed by atoms with Crippen LogP contribution in [0.25, 0.3) is 6.08 Å². The second-order valence-electron chi connectivity index (χ2n) is 4.95. The lowest BCUT2D eigenvalue weighted by atomic mass is 10.2. The third-order valence-electron chi connectivity index (χ3n) is 3.01. The predicted octanol–water partition coefficient (Wildman–Crippen LogP) is 4.95. The van der Waals surface area contributed by atoms with Gasteiger partial charge in [-0.05, 0) is 37.0 Å². The molecule has 0 heterocycles. The van der Waals surface area contributed by atoms with E-state index in [1.807, 2.05) is 55.5 Å². The van der Waals surface area contributed by atoms with Gasteiger partial charge in [0.15, 0.2) is 0 Å². The van der Waals surface area contributed by atoms with Crippen molar-refractivity contribution in [3.05, 3.63) is 77.9 Å². The number of aliphatic imine (C=N–C) groups is 1. The minimum absolute atomic E-state index is 0.737. The van der Waals surface area contributed by atoms with Crippen LogP contribution in [-0.4, -0.2) is 5.71 Å². The number of hydrogen-bond donors (Lipinski definition) is 0. The highest BCUT2D eigenvalue weighted by Gasteiger charge is 1.84. The number of rotatable bonds is 3. The topological polar surface area (TPSA) is 12.4 Å². The highest BCUT2D eigenvalue weighted by atomic mass is 14.7. The molecule has 1 nitrogen and oxygen atoms in total. The maximum absolute atomic E-state index is 4.15. The molecule has 112 valence electrons. The summed E-state index contributed by atoms with van der Waals surface area (Å²) in [4.78, 5) is 4.15. The Kier molecular flexibility index (Phi) is 6.98. The van der Waals surface area contributed by atoms with Crippen molar-refractivity contribution >= 4 is 11.8 Å². The van der Waals surface area contributed by atoms with Gasteiger partial charge in [-0.15, -0.1) is 0 Å². The summed E-state index contributed by atoms with van der Waals surface area (Å²) in [7, 11) is 0. The van der Waals surface area contributed by atoms with E-state index in [-0.39, 0.29) is 0 Å². The summed E-state index contributed by atoms with van der Waals surface area (Å²) in [6, 6.07) is 23.0. The van der Waals surface area contributed by atoms with E-state index >= 15 is 0 Å². The quantitative estimate of drug-likeness (QED) is 0.431. The molecule has 0 radical (unpaired) electrons. The molecule has 0 unspecified atom stereocenters. The Bertz CT molecular complexity index is 776. The molecule has 0 aliphatic rings. The molecule has 23 heavy (non-hydrogen) atoms. The largest absolute Gasteiger partial charge is 0.194 e. The Hall–Kier alpha value is -3.03. The summed E-state index contributed by atoms with van der Waals surface area (Å²) in [5, 5.41) is 0. The lowest BCUT2D eigenvalue weighted by Gasteiger charge is -1.89. The van der Waals surface area contributed by atoms with Gasteiger partial charge in [-0.25, -0.2) is 0 Å². The first-order valence-corrected chi connectivity index (χ1v) is 7.65. The van der Waals surface area contributed by atoms with E-state index in [1.165, 1.54) is 5.56 Å². The molecular weight excluding hydrogens is 278 g/mol. The van der Waals surface area contributed by atoms with E-state index < -0.39 is 0 Å². The van der Waals surface area contributed by atoms with Crippen molar-refractivity contribution in [1.29, 1.82) is 0 Å². The third-order valence-corrected chi connectivity index (χ3v) is 3.01. The van der Waals surface area contributed by atoms with Gasteiger partial charge in [-0.1, -0.05) is 72.5 Å². The van der Waals surface area contributed by atoms with Gasteiger partial charge in [0.2, 0.25) is 0 Å². The molecule has 2 aromatic rings. The maximum Gasteiger partial charge on any atom is 0.0979 e. The van der Waals surface area contributed by atoms with Gasteiger partial charge in [0.25, 0.3) is 0 Å². The van der Waals surface area contributed by atoms with Crippen molar-refractivity contribution in [1.82, 2.24) is 0 Å². The van der Waals surface area contributed by atoms with Crippen molar-refractivity contribution in [2.24, 2.45) is 4.99 Å². The summed E-state index contributed by atoms with van der Waals surface area (Å²) in [5.41, 5.74) is 2.94. The minimum Gasteiger partial charge on any atom is -0.194 e. The second-order valence-corrected chi connectivity index (χ2v) is 4.95. The zero-order chi connectivity index (χ0) is 16.2. The summed E-state index contributed by atoms with van der Waals surface area (Å²) in [5.74, 6) is 9.11. The highest BCUT2D eigenvalue weighted by molar-refractivity contribution is 5.99. The fourth-order valence-electron chi connectivity index (χ4n) is 1.83. The predicted molar refractivity (Wildman–Crippen MR) is 98.9 cm³/mol. The number of benzene rings is 2. The number of hydrogen-bond acceptors (Lipinski definition) is 1. The van der Waals surface area contributed by atoms with Crippen LogP contribution < -0.4 is 0 Å². The van der Waals surface area contributed by atoms with Gasteiger partial charge >= 0.3 is 0 Å². The minimum atomic E-state index is 0.737. The molecule has 0 N–H and O–H groups in total. The third kappa shape index (κ3) is 6.98. The van der Waals surface area contributed by atoms with E-state index in [9.17, 15) is 0 Å². The summed E-state index contributed by atoms with van der Waals surface area (Å²) in [6.07, 6.45) is 5.97. The van der Waals surface area contributed by atoms with Gasteiger partial charge in [0.05, 0.1) is 5.71 Å². The number of unbranched alkanes of at least 4 members (excludes halogenated alkanes) is 1. The van der Waals surface area contributed by atoms with Crippen molar-refractivity contribution in [2.75, 3.05) is 0 Å². The standard InChI is InChI=1S/C22H19N/c1-20(17-18-22-15-9-5-10-16-22)23-19-11-3-2-6-12-21-13-7-4-8-14-21/h4-10,12-16H,2-3H2,1H3. The summed E-state index contributed by atoms with van der Waals surface area (Å²) in [6.45, 7) is 1.87. The maximum atomic E-state index is 4.15. The second kappa shape index (κ2) is 9.82. The number of nitrogens with zero attached hydrogens (tertiary/aromatic N) is 1. The van der Waals surface area contributed by atoms with E-state index in [0.717, 1.165) is 24.1 Å². The molecule has 0 saturated heterocycles. The Labute approximate surface area is 138 Å². The molecule has 0 aliphatic heterocycles. The molecule has 1 heteroatoms. The van der Waals surface area contributed by atoms with Crippen LogP contribution in [0.1, 0.15) is 30.9 Å². The molecule has 2 aromatic carbocycles. The van der Waals surface area contributed by atoms with Gasteiger partial charge in [0, 0.05) is 18.0 Å². The molecule has 0 atom stereocenters. The smallest absolute Gasteiger partial charge is 0.0979 e. The van der Waals surface area contributed by atoms with Gasteiger partial charge < -0.3 is 0 Å². The van der Waals surface area contributed by atoms with Crippen LogP contribution in [0.5, 0.6) is 0 Å². The van der Waals surface area contributed by atoms with Crippen LogP contribution in [0, 0.1) is 23.8 Å². The van der Waals surface area contributed by atoms with Crippen LogP contribution in [0.3, 0.4) is 0 Å². The van der Waals surface area contributed by atoms with Crippen molar-refractivity contribution in [3.8, 4) is 23.8 Å². The SMILES string of the molecule is CC(C#Cc1ccccc1)=NC#CCCC=Cc1ccccc1. The molecule has 0 fully saturated rings. The lowest BCUT2D eigenvalue weighted by molar-refractivity contribution is 1.09. The first kappa shape index (κ1) is 16.3. The van der Waals surface area contributed by atoms with Gasteiger partial charge in [-0.3, -0.25) is 0 Å². The van der Waals surface area contributed by atoms with Crippen LogP contribution in [0.2, 0.25) is 0 Å². The van der Waals surface area contributed by atoms with E-state index in [1.54, 1.807) is 0 Å². The molecule has 0 amide bonds. The molecule has 0 saturated carbocycles. The van der Waals surface area contributed by atoms with Crippen molar-refractivity contribution in [2.45, 2.75) is 19.8 Å². The van der Waals surface area contributed by atoms with E-state index in [4.69, 9.17) is 0 Å². The Morgan fingerprint density at radius 2 is 1.70 bits per heavy atom. The average molecular weight is 297 g/mol. The fraction of sp³-hybridized carbons (Fsp3) is 0.136. The fourth-order valence-corrected chi connectivity index (χ4v) is 1.83. The van der Waals surface area contributed by atoms with Gasteiger partial charge in [-0.2, -0.15) is 4.99 Å². The average Bonchev–Trinajstić information content (AvgIpc) is 2.61. The molecule has 0 aromatic heterocycles. The Balaban J connectivity index is 1.76. The Morgan fingerprint density at radius 1 is 1.00 bits per heavy atom. The van der Waals surface area contributed by atoms with Crippen LogP contribution >= 0.6 is 0 Å². The lowest BCUT2D eigenvalue weighted by Crippen LogP contribution is -1.83. The van der Waals surface area contributed by atoms with Crippen LogP contribution in [0.4, 0.5) is 0 Å². The molecule has 0 bridgehead atoms. The van der Waals surface area contributed by atoms with Crippen LogP contribution in [0.15, 0.2) is 71.7 Å². The number of allylic oxidation sites excluding steroid dienone is 1. The normalized spacial score (nSPS) is 10.6. The zero-order valence-corrected chi connectivity index (χ0v) is 13.3. The monoisotopic (exact) mass is 297 g/mol. The summed E-state index contributed by atoms with van der Waals surface area (Å²) >= 11 is 0. The summed E-state index contributed by atoms with van der Waals surface area (Å²) < 4.78 is 0. The molecule has 0 spiro atoms. The first-order valence-electron chi connectivity index (χ1n) is 7.65. The van der Waals surface area contributed by atoms with Crippen LogP contribution in [-0.2, 0) is 0 Å². The Morgan fingerprint density at radius 3 is 2.43 bits per heavy atom. The first-order chi connectivity index (χ1) is 11.3. The van der Waals surface area contributed by atoms with Crippen molar-refractivity contribution < 1.29 is 0 Å². The van der Waals surface area contributed by atoms with Crippen molar-refractivity contribution in [3.63, 3.8) is 0 Å². The highest BCUT2D eigenvalue weighted by Crippen LogP contribution is 2.02. The van der Waals surface area contributed by atoms with E-state index in [2.05, 4.69) is 53.1 Å². The molecular formula is C22H19N. The molecule has 2 rings (SSSR count).